The van der Waals surface area contributed by atoms with E-state index in [2.05, 4.69) is 22.5 Å². The first-order valence-corrected chi connectivity index (χ1v) is 7.09. The Balaban J connectivity index is 2.01. The van der Waals surface area contributed by atoms with Crippen LogP contribution in [0, 0.1) is 0 Å². The SMILES string of the molecule is CN1NC(c2ccccc2)N(c2ccc(Cl)cc2)C1=S. The summed E-state index contributed by atoms with van der Waals surface area (Å²) in [4.78, 5) is 2.08. The average molecular weight is 304 g/mol. The normalized spacial score (nSPS) is 18.7. The van der Waals surface area contributed by atoms with E-state index in [1.807, 2.05) is 54.5 Å². The topological polar surface area (TPSA) is 18.5 Å². The molecular weight excluding hydrogens is 290 g/mol. The Labute approximate surface area is 128 Å². The van der Waals surface area contributed by atoms with Crippen LogP contribution in [0.2, 0.25) is 5.02 Å². The second kappa shape index (κ2) is 5.40. The van der Waals surface area contributed by atoms with E-state index in [-0.39, 0.29) is 6.17 Å². The summed E-state index contributed by atoms with van der Waals surface area (Å²) < 4.78 is 0. The van der Waals surface area contributed by atoms with Gasteiger partial charge in [-0.05, 0) is 42.0 Å². The van der Waals surface area contributed by atoms with E-state index >= 15 is 0 Å². The van der Waals surface area contributed by atoms with E-state index in [9.17, 15) is 0 Å². The second-order valence-corrected chi connectivity index (χ2v) is 5.43. The minimum atomic E-state index is -0.00474. The average Bonchev–Trinajstić information content (AvgIpc) is 2.77. The van der Waals surface area contributed by atoms with Crippen LogP contribution in [0.3, 0.4) is 0 Å². The van der Waals surface area contributed by atoms with Crippen molar-refractivity contribution in [2.45, 2.75) is 6.17 Å². The fourth-order valence-corrected chi connectivity index (χ4v) is 2.68. The van der Waals surface area contributed by atoms with Crippen molar-refractivity contribution in [1.29, 1.82) is 0 Å². The molecule has 1 aliphatic heterocycles. The van der Waals surface area contributed by atoms with Gasteiger partial charge in [-0.1, -0.05) is 41.9 Å². The van der Waals surface area contributed by atoms with Gasteiger partial charge in [-0.15, -0.1) is 0 Å². The van der Waals surface area contributed by atoms with Crippen LogP contribution in [0.5, 0.6) is 0 Å². The van der Waals surface area contributed by atoms with E-state index in [1.54, 1.807) is 0 Å². The van der Waals surface area contributed by atoms with Crippen molar-refractivity contribution >= 4 is 34.6 Å². The van der Waals surface area contributed by atoms with E-state index < -0.39 is 0 Å². The lowest BCUT2D eigenvalue weighted by atomic mass is 10.1. The fourth-order valence-electron chi connectivity index (χ4n) is 2.29. The first kappa shape index (κ1) is 13.4. The highest BCUT2D eigenvalue weighted by Gasteiger charge is 2.33. The molecule has 0 saturated carbocycles. The van der Waals surface area contributed by atoms with Crippen molar-refractivity contribution in [2.75, 3.05) is 11.9 Å². The maximum atomic E-state index is 5.96. The lowest BCUT2D eigenvalue weighted by molar-refractivity contribution is 0.369. The van der Waals surface area contributed by atoms with E-state index in [0.29, 0.717) is 0 Å². The van der Waals surface area contributed by atoms with E-state index in [4.69, 9.17) is 23.8 Å². The fraction of sp³-hybridized carbons (Fsp3) is 0.133. The number of hydrazine groups is 1. The quantitative estimate of drug-likeness (QED) is 0.854. The first-order valence-electron chi connectivity index (χ1n) is 6.30. The Morgan fingerprint density at radius 1 is 1.05 bits per heavy atom. The van der Waals surface area contributed by atoms with Crippen LogP contribution in [0.1, 0.15) is 11.7 Å². The van der Waals surface area contributed by atoms with Gasteiger partial charge in [-0.2, -0.15) is 0 Å². The van der Waals surface area contributed by atoms with Crippen LogP contribution in [0.15, 0.2) is 54.6 Å². The van der Waals surface area contributed by atoms with Gasteiger partial charge < -0.3 is 0 Å². The summed E-state index contributed by atoms with van der Waals surface area (Å²) in [6.45, 7) is 0. The number of thiocarbonyl (C=S) groups is 1. The van der Waals surface area contributed by atoms with Gasteiger partial charge in [0.05, 0.1) is 0 Å². The molecular formula is C15H14ClN3S. The number of hydrogen-bond acceptors (Lipinski definition) is 2. The highest BCUT2D eigenvalue weighted by molar-refractivity contribution is 7.80. The summed E-state index contributed by atoms with van der Waals surface area (Å²) in [6, 6.07) is 17.9. The third kappa shape index (κ3) is 2.38. The van der Waals surface area contributed by atoms with Crippen molar-refractivity contribution in [3.63, 3.8) is 0 Å². The van der Waals surface area contributed by atoms with Crippen molar-refractivity contribution in [2.24, 2.45) is 0 Å². The monoisotopic (exact) mass is 303 g/mol. The molecule has 102 valence electrons. The lowest BCUT2D eigenvalue weighted by Gasteiger charge is -2.24. The molecule has 1 unspecified atom stereocenters. The van der Waals surface area contributed by atoms with Gasteiger partial charge >= 0.3 is 0 Å². The molecule has 0 spiro atoms. The first-order chi connectivity index (χ1) is 9.66. The van der Waals surface area contributed by atoms with Crippen LogP contribution < -0.4 is 10.3 Å². The van der Waals surface area contributed by atoms with Crippen molar-refractivity contribution < 1.29 is 0 Å². The molecule has 1 N–H and O–H groups in total. The number of rotatable bonds is 2. The Kier molecular flexibility index (Phi) is 3.61. The van der Waals surface area contributed by atoms with Crippen LogP contribution in [0.25, 0.3) is 0 Å². The molecule has 1 atom stereocenters. The summed E-state index contributed by atoms with van der Waals surface area (Å²) in [5.74, 6) is 0. The lowest BCUT2D eigenvalue weighted by Crippen LogP contribution is -2.30. The summed E-state index contributed by atoms with van der Waals surface area (Å²) in [5, 5.41) is 3.32. The highest BCUT2D eigenvalue weighted by Crippen LogP contribution is 2.31. The van der Waals surface area contributed by atoms with Gasteiger partial charge in [0.25, 0.3) is 0 Å². The number of halogens is 1. The molecule has 2 aromatic carbocycles. The van der Waals surface area contributed by atoms with Crippen molar-refractivity contribution in [3.05, 3.63) is 65.2 Å². The van der Waals surface area contributed by atoms with Gasteiger partial charge in [0.2, 0.25) is 0 Å². The highest BCUT2D eigenvalue weighted by atomic mass is 35.5. The minimum absolute atomic E-state index is 0.00474. The summed E-state index contributed by atoms with van der Waals surface area (Å²) in [5.41, 5.74) is 5.55. The summed E-state index contributed by atoms with van der Waals surface area (Å²) in [7, 11) is 1.92. The third-order valence-corrected chi connectivity index (χ3v) is 4.01. The summed E-state index contributed by atoms with van der Waals surface area (Å²) in [6.07, 6.45) is -0.00474. The molecule has 0 bridgehead atoms. The van der Waals surface area contributed by atoms with Crippen LogP contribution in [-0.4, -0.2) is 17.2 Å². The van der Waals surface area contributed by atoms with Crippen molar-refractivity contribution in [3.8, 4) is 0 Å². The Morgan fingerprint density at radius 3 is 2.35 bits per heavy atom. The molecule has 1 heterocycles. The molecule has 1 fully saturated rings. The zero-order chi connectivity index (χ0) is 14.1. The number of nitrogens with zero attached hydrogens (tertiary/aromatic N) is 2. The molecule has 3 nitrogen and oxygen atoms in total. The standard InChI is InChI=1S/C15H14ClN3S/c1-18-15(20)19(13-9-7-12(16)8-10-13)14(17-18)11-5-3-2-4-6-11/h2-10,14,17H,1H3. The second-order valence-electron chi connectivity index (χ2n) is 4.63. The zero-order valence-corrected chi connectivity index (χ0v) is 12.5. The maximum Gasteiger partial charge on any atom is 0.192 e. The number of benzene rings is 2. The largest absolute Gasteiger partial charge is 0.296 e. The Bertz CT molecular complexity index is 615. The molecule has 0 radical (unpaired) electrons. The molecule has 3 rings (SSSR count). The van der Waals surface area contributed by atoms with Gasteiger partial charge in [0.15, 0.2) is 5.11 Å². The van der Waals surface area contributed by atoms with Gasteiger partial charge in [0, 0.05) is 17.8 Å². The molecule has 0 amide bonds. The van der Waals surface area contributed by atoms with Crippen molar-refractivity contribution in [1.82, 2.24) is 10.4 Å². The molecule has 20 heavy (non-hydrogen) atoms. The zero-order valence-electron chi connectivity index (χ0n) is 11.0. The molecule has 0 aliphatic carbocycles. The smallest absolute Gasteiger partial charge is 0.192 e. The summed E-state index contributed by atoms with van der Waals surface area (Å²) >= 11 is 11.5. The molecule has 1 saturated heterocycles. The van der Waals surface area contributed by atoms with Crippen LogP contribution in [0.4, 0.5) is 5.69 Å². The number of nitrogens with one attached hydrogen (secondary N) is 1. The van der Waals surface area contributed by atoms with Gasteiger partial charge in [-0.3, -0.25) is 9.91 Å². The Hall–Kier alpha value is -1.62. The molecule has 0 aromatic heterocycles. The molecule has 5 heteroatoms. The minimum Gasteiger partial charge on any atom is -0.296 e. The predicted octanol–water partition coefficient (Wildman–Crippen LogP) is 3.58. The Morgan fingerprint density at radius 2 is 1.70 bits per heavy atom. The maximum absolute atomic E-state index is 5.96. The van der Waals surface area contributed by atoms with E-state index in [0.717, 1.165) is 21.4 Å². The predicted molar refractivity (Wildman–Crippen MR) is 86.6 cm³/mol. The van der Waals surface area contributed by atoms with Crippen LogP contribution in [-0.2, 0) is 0 Å². The third-order valence-electron chi connectivity index (χ3n) is 3.29. The van der Waals surface area contributed by atoms with Gasteiger partial charge in [-0.25, -0.2) is 5.43 Å². The molecule has 1 aliphatic rings. The number of hydrogen-bond donors (Lipinski definition) is 1. The number of anilines is 1. The van der Waals surface area contributed by atoms with Gasteiger partial charge in [0.1, 0.15) is 6.17 Å². The van der Waals surface area contributed by atoms with E-state index in [1.165, 1.54) is 0 Å². The van der Waals surface area contributed by atoms with Crippen LogP contribution >= 0.6 is 23.8 Å². The molecule has 2 aromatic rings.